The number of esters is 8. The van der Waals surface area contributed by atoms with Crippen molar-refractivity contribution in [1.82, 2.24) is 0 Å². The summed E-state index contributed by atoms with van der Waals surface area (Å²) in [7, 11) is 0. The fourth-order valence-corrected chi connectivity index (χ4v) is 12.6. The zero-order valence-electron chi connectivity index (χ0n) is 32.8. The van der Waals surface area contributed by atoms with Crippen LogP contribution in [0.3, 0.4) is 0 Å². The Morgan fingerprint density at radius 2 is 0.375 bits per heavy atom. The number of hydrogen-bond donors (Lipinski definition) is 0. The normalized spacial score (nSPS) is 55.0. The summed E-state index contributed by atoms with van der Waals surface area (Å²) in [5.74, 6) is -3.24. The molecule has 0 amide bonds. The van der Waals surface area contributed by atoms with Crippen LogP contribution in [0.25, 0.3) is 0 Å². The van der Waals surface area contributed by atoms with Crippen LogP contribution in [0.1, 0.15) is 107 Å². The van der Waals surface area contributed by atoms with Gasteiger partial charge in [-0.05, 0) is 107 Å². The Bertz CT molecular complexity index is 1540. The van der Waals surface area contributed by atoms with Crippen molar-refractivity contribution in [2.24, 2.45) is 43.3 Å². The van der Waals surface area contributed by atoms with Crippen LogP contribution in [-0.4, -0.2) is 96.6 Å². The molecule has 12 aliphatic rings. The number of hydrogen-bond acceptors (Lipinski definition) is 16. The second-order valence-corrected chi connectivity index (χ2v) is 19.1. The van der Waals surface area contributed by atoms with Gasteiger partial charge in [0.1, 0.15) is 43.3 Å². The molecule has 56 heavy (non-hydrogen) atoms. The zero-order valence-corrected chi connectivity index (χ0v) is 32.8. The Morgan fingerprint density at radius 3 is 0.482 bits per heavy atom. The lowest BCUT2D eigenvalue weighted by Gasteiger charge is -2.34. The van der Waals surface area contributed by atoms with Crippen molar-refractivity contribution in [2.45, 2.75) is 156 Å². The molecule has 12 saturated heterocycles. The van der Waals surface area contributed by atoms with E-state index in [4.69, 9.17) is 37.9 Å². The van der Waals surface area contributed by atoms with E-state index in [1.807, 2.05) is 0 Å². The van der Waals surface area contributed by atoms with Gasteiger partial charge in [0.05, 0.1) is 48.8 Å². The lowest BCUT2D eigenvalue weighted by molar-refractivity contribution is -0.161. The van der Waals surface area contributed by atoms with E-state index in [1.54, 1.807) is 55.4 Å². The molecule has 8 bridgehead atoms. The van der Waals surface area contributed by atoms with Gasteiger partial charge in [-0.3, -0.25) is 38.4 Å². The number of carbonyl (C=O) groups is 8. The molecule has 12 fully saturated rings. The third-order valence-electron chi connectivity index (χ3n) is 17.7. The molecule has 12 heterocycles. The molecule has 12 aliphatic heterocycles. The zero-order chi connectivity index (χ0) is 40.6. The molecule has 0 saturated carbocycles. The summed E-state index contributed by atoms with van der Waals surface area (Å²) in [5.41, 5.74) is -5.94. The van der Waals surface area contributed by atoms with Gasteiger partial charge in [0.15, 0.2) is 0 Å². The van der Waals surface area contributed by atoms with Crippen LogP contribution in [0, 0.1) is 43.3 Å². The highest BCUT2D eigenvalue weighted by atomic mass is 16.6. The first-order chi connectivity index (χ1) is 26.0. The van der Waals surface area contributed by atoms with Crippen molar-refractivity contribution in [1.29, 1.82) is 0 Å². The maximum atomic E-state index is 11.7. The minimum atomic E-state index is -0.743. The van der Waals surface area contributed by atoms with Crippen molar-refractivity contribution in [2.75, 3.05) is 0 Å². The van der Waals surface area contributed by atoms with Gasteiger partial charge in [-0.25, -0.2) is 0 Å². The van der Waals surface area contributed by atoms with Gasteiger partial charge in [0.25, 0.3) is 0 Å². The molecular weight excluding hydrogens is 736 g/mol. The van der Waals surface area contributed by atoms with Crippen LogP contribution in [0.4, 0.5) is 0 Å². The molecule has 16 nitrogen and oxygen atoms in total. The summed E-state index contributed by atoms with van der Waals surface area (Å²) in [4.78, 5) is 93.3. The summed E-state index contributed by atoms with van der Waals surface area (Å²) in [6.07, 6.45) is 5.86. The quantitative estimate of drug-likeness (QED) is 0.196. The first-order valence-corrected chi connectivity index (χ1v) is 19.7. The first-order valence-electron chi connectivity index (χ1n) is 19.7. The van der Waals surface area contributed by atoms with Crippen molar-refractivity contribution >= 4 is 47.8 Å². The predicted molar refractivity (Wildman–Crippen MR) is 181 cm³/mol. The van der Waals surface area contributed by atoms with Crippen LogP contribution < -0.4 is 0 Å². The van der Waals surface area contributed by atoms with Gasteiger partial charge in [-0.15, -0.1) is 0 Å². The molecule has 16 heteroatoms. The molecular formula is C40H48O16. The molecule has 0 aliphatic carbocycles. The lowest BCUT2D eigenvalue weighted by Crippen LogP contribution is -2.48. The monoisotopic (exact) mass is 784 g/mol. The molecule has 0 unspecified atom stereocenters. The minimum absolute atomic E-state index is 0.128. The van der Waals surface area contributed by atoms with Crippen molar-refractivity contribution in [3.63, 3.8) is 0 Å². The van der Waals surface area contributed by atoms with E-state index in [9.17, 15) is 38.4 Å². The summed E-state index contributed by atoms with van der Waals surface area (Å²) < 4.78 is 41.7. The highest BCUT2D eigenvalue weighted by molar-refractivity contribution is 6.05. The van der Waals surface area contributed by atoms with E-state index in [0.717, 1.165) is 51.4 Å². The maximum Gasteiger partial charge on any atom is 0.323 e. The summed E-state index contributed by atoms with van der Waals surface area (Å²) >= 11 is 0. The van der Waals surface area contributed by atoms with E-state index in [-0.39, 0.29) is 48.8 Å². The highest BCUT2D eigenvalue weighted by Gasteiger charge is 2.80. The lowest BCUT2D eigenvalue weighted by atomic mass is 9.59. The Hall–Kier alpha value is -3.60. The summed E-state index contributed by atoms with van der Waals surface area (Å²) in [5, 5.41) is 0. The van der Waals surface area contributed by atoms with Gasteiger partial charge in [0, 0.05) is 0 Å². The van der Waals surface area contributed by atoms with Gasteiger partial charge >= 0.3 is 47.8 Å². The van der Waals surface area contributed by atoms with Crippen LogP contribution in [0.15, 0.2) is 0 Å². The number of carbonyl (C=O) groups excluding carboxylic acids is 8. The summed E-state index contributed by atoms with van der Waals surface area (Å²) in [6.45, 7) is 14.4. The Kier molecular flexibility index (Phi) is 7.53. The second-order valence-electron chi connectivity index (χ2n) is 19.1. The molecule has 0 radical (unpaired) electrons. The second kappa shape index (κ2) is 11.1. The standard InChI is InChI=1S/4C10H12O4/c4*1-9-5-3-4-6(13-5)10(9,2)8(12)14-7(9)11/h4*5-6H,3-4H2,1-2H3/t4*5-,6+,9+,10-. The largest absolute Gasteiger partial charge is 0.392 e. The average Bonchev–Trinajstić information content (AvgIpc) is 4.02. The van der Waals surface area contributed by atoms with E-state index in [0.29, 0.717) is 0 Å². The fraction of sp³-hybridized carbons (Fsp3) is 0.800. The van der Waals surface area contributed by atoms with E-state index in [2.05, 4.69) is 0 Å². The molecule has 0 aromatic carbocycles. The smallest absolute Gasteiger partial charge is 0.323 e. The van der Waals surface area contributed by atoms with Crippen LogP contribution in [-0.2, 0) is 76.3 Å². The van der Waals surface area contributed by atoms with Crippen molar-refractivity contribution in [3.05, 3.63) is 0 Å². The van der Waals surface area contributed by atoms with E-state index in [1.165, 1.54) is 0 Å². The summed E-state index contributed by atoms with van der Waals surface area (Å²) in [6, 6.07) is 0. The van der Waals surface area contributed by atoms with Gasteiger partial charge in [-0.1, -0.05) is 0 Å². The van der Waals surface area contributed by atoms with Crippen LogP contribution in [0.2, 0.25) is 0 Å². The van der Waals surface area contributed by atoms with E-state index < -0.39 is 91.1 Å². The molecule has 304 valence electrons. The van der Waals surface area contributed by atoms with E-state index >= 15 is 0 Å². The number of fused-ring (bicyclic) bond motifs is 20. The predicted octanol–water partition coefficient (Wildman–Crippen LogP) is 2.57. The molecule has 16 atom stereocenters. The molecule has 0 aromatic rings. The van der Waals surface area contributed by atoms with Crippen molar-refractivity contribution < 1.29 is 76.3 Å². The third-order valence-corrected chi connectivity index (χ3v) is 17.7. The molecule has 0 N–H and O–H groups in total. The molecule has 12 rings (SSSR count). The van der Waals surface area contributed by atoms with Crippen LogP contribution >= 0.6 is 0 Å². The van der Waals surface area contributed by atoms with Gasteiger partial charge < -0.3 is 37.9 Å². The van der Waals surface area contributed by atoms with Gasteiger partial charge in [0.2, 0.25) is 0 Å². The highest BCUT2D eigenvalue weighted by Crippen LogP contribution is 2.66. The van der Waals surface area contributed by atoms with Crippen molar-refractivity contribution in [3.8, 4) is 0 Å². The third kappa shape index (κ3) is 3.78. The topological polar surface area (TPSA) is 210 Å². The number of cyclic esters (lactones) is 8. The Balaban J connectivity index is 0.0000000975. The number of rotatable bonds is 0. The van der Waals surface area contributed by atoms with Crippen LogP contribution in [0.5, 0.6) is 0 Å². The maximum absolute atomic E-state index is 11.7. The van der Waals surface area contributed by atoms with Gasteiger partial charge in [-0.2, -0.15) is 0 Å². The Morgan fingerprint density at radius 1 is 0.268 bits per heavy atom. The fourth-order valence-electron chi connectivity index (χ4n) is 12.6. The SMILES string of the molecule is C[C@@]12C(=O)OC(=O)[C@]1(C)[C@H]1CC[C@@H]2O1.C[C@@]12C(=O)OC(=O)[C@]1(C)[C@H]1CC[C@@H]2O1.C[C@@]12C(=O)OC(=O)[C@]1(C)[C@H]1CC[C@@H]2O1.C[C@@]12C(=O)OC(=O)[C@]1(C)[C@H]1CC[C@@H]2O1. The Labute approximate surface area is 322 Å². The molecule has 0 aromatic heterocycles. The first kappa shape index (κ1) is 37.9. The minimum Gasteiger partial charge on any atom is -0.392 e. The number of ether oxygens (including phenoxy) is 8. The average molecular weight is 785 g/mol. The molecule has 0 spiro atoms.